The summed E-state index contributed by atoms with van der Waals surface area (Å²) in [5.41, 5.74) is 1.90. The van der Waals surface area contributed by atoms with Crippen molar-refractivity contribution in [1.82, 2.24) is 0 Å². The Hall–Kier alpha value is -4.01. The molecule has 0 fully saturated rings. The zero-order valence-electron chi connectivity index (χ0n) is 22.1. The van der Waals surface area contributed by atoms with E-state index in [0.29, 0.717) is 42.4 Å². The molecule has 206 valence electrons. The van der Waals surface area contributed by atoms with Gasteiger partial charge in [0.1, 0.15) is 34.3 Å². The van der Waals surface area contributed by atoms with E-state index in [1.165, 1.54) is 12.1 Å². The molecule has 0 saturated carbocycles. The van der Waals surface area contributed by atoms with Gasteiger partial charge in [0.2, 0.25) is 11.2 Å². The molecule has 1 aromatic heterocycles. The Morgan fingerprint density at radius 3 is 2.31 bits per heavy atom. The van der Waals surface area contributed by atoms with E-state index in [1.54, 1.807) is 12.1 Å². The molecule has 0 saturated heterocycles. The maximum absolute atomic E-state index is 13.4. The van der Waals surface area contributed by atoms with Gasteiger partial charge in [-0.25, -0.2) is 0 Å². The van der Waals surface area contributed by atoms with Gasteiger partial charge in [-0.05, 0) is 54.0 Å². The van der Waals surface area contributed by atoms with Crippen LogP contribution in [0.5, 0.6) is 23.0 Å². The summed E-state index contributed by atoms with van der Waals surface area (Å²) in [6.07, 6.45) is 0.945. The SMILES string of the molecule is CC(C)Cc1cc(-c2oc3cc(O)cc(OC(CO)CCCO)c3c(=O)c2O)cc(Cc2ccccc2)c1O. The summed E-state index contributed by atoms with van der Waals surface area (Å²) in [6, 6.07) is 15.5. The van der Waals surface area contributed by atoms with E-state index in [1.807, 2.05) is 44.2 Å². The van der Waals surface area contributed by atoms with Crippen molar-refractivity contribution in [2.24, 2.45) is 5.92 Å². The van der Waals surface area contributed by atoms with Gasteiger partial charge in [-0.15, -0.1) is 0 Å². The second kappa shape index (κ2) is 12.2. The highest BCUT2D eigenvalue weighted by atomic mass is 16.5. The van der Waals surface area contributed by atoms with Crippen LogP contribution >= 0.6 is 0 Å². The molecule has 1 atom stereocenters. The molecule has 8 nitrogen and oxygen atoms in total. The monoisotopic (exact) mass is 534 g/mol. The van der Waals surface area contributed by atoms with E-state index in [0.717, 1.165) is 5.56 Å². The molecule has 4 aromatic rings. The number of phenols is 2. The predicted octanol–water partition coefficient (Wildman–Crippen LogP) is 4.88. The molecule has 0 amide bonds. The molecule has 3 aromatic carbocycles. The first-order chi connectivity index (χ1) is 18.7. The third kappa shape index (κ3) is 6.35. The topological polar surface area (TPSA) is 141 Å². The van der Waals surface area contributed by atoms with Gasteiger partial charge in [-0.2, -0.15) is 0 Å². The van der Waals surface area contributed by atoms with Gasteiger partial charge in [-0.3, -0.25) is 4.79 Å². The third-order valence-corrected chi connectivity index (χ3v) is 6.50. The Labute approximate surface area is 226 Å². The van der Waals surface area contributed by atoms with Crippen LogP contribution < -0.4 is 10.2 Å². The minimum atomic E-state index is -0.761. The van der Waals surface area contributed by atoms with Gasteiger partial charge >= 0.3 is 0 Å². The molecule has 0 radical (unpaired) electrons. The van der Waals surface area contributed by atoms with Crippen molar-refractivity contribution in [3.05, 3.63) is 81.5 Å². The van der Waals surface area contributed by atoms with Crippen molar-refractivity contribution in [3.8, 4) is 34.3 Å². The quantitative estimate of drug-likeness (QED) is 0.183. The first-order valence-electron chi connectivity index (χ1n) is 13.0. The molecule has 0 aliphatic heterocycles. The average molecular weight is 535 g/mol. The maximum atomic E-state index is 13.4. The van der Waals surface area contributed by atoms with Crippen LogP contribution in [0.1, 0.15) is 43.4 Å². The average Bonchev–Trinajstić information content (AvgIpc) is 2.90. The number of ether oxygens (including phenoxy) is 1. The number of aromatic hydroxyl groups is 3. The Balaban J connectivity index is 1.86. The van der Waals surface area contributed by atoms with Crippen LogP contribution in [0, 0.1) is 5.92 Å². The molecule has 8 heteroatoms. The molecule has 4 rings (SSSR count). The summed E-state index contributed by atoms with van der Waals surface area (Å²) in [7, 11) is 0. The molecule has 0 aliphatic carbocycles. The number of benzene rings is 3. The molecule has 1 heterocycles. The van der Waals surface area contributed by atoms with Gasteiger partial charge in [0.05, 0.1) is 6.61 Å². The maximum Gasteiger partial charge on any atom is 0.238 e. The molecule has 39 heavy (non-hydrogen) atoms. The fraction of sp³-hybridized carbons (Fsp3) is 0.323. The lowest BCUT2D eigenvalue weighted by atomic mass is 9.93. The van der Waals surface area contributed by atoms with E-state index >= 15 is 0 Å². The molecular formula is C31H34O8. The van der Waals surface area contributed by atoms with Crippen LogP contribution in [0.4, 0.5) is 0 Å². The van der Waals surface area contributed by atoms with Crippen LogP contribution in [-0.4, -0.2) is 44.9 Å². The van der Waals surface area contributed by atoms with E-state index in [9.17, 15) is 25.2 Å². The van der Waals surface area contributed by atoms with E-state index in [-0.39, 0.29) is 53.1 Å². The summed E-state index contributed by atoms with van der Waals surface area (Å²) in [6.45, 7) is 3.59. The summed E-state index contributed by atoms with van der Waals surface area (Å²) in [5.74, 6) is -0.621. The Morgan fingerprint density at radius 2 is 1.64 bits per heavy atom. The van der Waals surface area contributed by atoms with Crippen LogP contribution in [0.3, 0.4) is 0 Å². The molecule has 0 bridgehead atoms. The minimum Gasteiger partial charge on any atom is -0.508 e. The normalized spacial score (nSPS) is 12.2. The Kier molecular flexibility index (Phi) is 8.79. The second-order valence-electron chi connectivity index (χ2n) is 10.1. The van der Waals surface area contributed by atoms with Crippen molar-refractivity contribution in [2.45, 2.75) is 45.6 Å². The van der Waals surface area contributed by atoms with Gasteiger partial charge in [0.15, 0.2) is 5.76 Å². The highest BCUT2D eigenvalue weighted by Crippen LogP contribution is 2.39. The lowest BCUT2D eigenvalue weighted by Gasteiger charge is -2.18. The number of aliphatic hydroxyl groups excluding tert-OH is 2. The third-order valence-electron chi connectivity index (χ3n) is 6.50. The van der Waals surface area contributed by atoms with Crippen molar-refractivity contribution >= 4 is 11.0 Å². The molecule has 0 aliphatic rings. The van der Waals surface area contributed by atoms with Crippen LogP contribution in [-0.2, 0) is 12.8 Å². The van der Waals surface area contributed by atoms with Crippen molar-refractivity contribution in [2.75, 3.05) is 13.2 Å². The zero-order valence-corrected chi connectivity index (χ0v) is 22.1. The summed E-state index contributed by atoms with van der Waals surface area (Å²) in [4.78, 5) is 13.4. The lowest BCUT2D eigenvalue weighted by Crippen LogP contribution is -2.22. The largest absolute Gasteiger partial charge is 0.508 e. The van der Waals surface area contributed by atoms with Crippen LogP contribution in [0.15, 0.2) is 63.8 Å². The molecule has 5 N–H and O–H groups in total. The summed E-state index contributed by atoms with van der Waals surface area (Å²) in [5, 5.41) is 51.1. The van der Waals surface area contributed by atoms with Crippen molar-refractivity contribution in [3.63, 3.8) is 0 Å². The lowest BCUT2D eigenvalue weighted by molar-refractivity contribution is 0.102. The number of aliphatic hydroxyl groups is 2. The predicted molar refractivity (Wildman–Crippen MR) is 149 cm³/mol. The van der Waals surface area contributed by atoms with E-state index in [2.05, 4.69) is 0 Å². The van der Waals surface area contributed by atoms with Gasteiger partial charge < -0.3 is 34.7 Å². The second-order valence-corrected chi connectivity index (χ2v) is 10.1. The van der Waals surface area contributed by atoms with Crippen molar-refractivity contribution in [1.29, 1.82) is 0 Å². The number of hydrogen-bond acceptors (Lipinski definition) is 8. The highest BCUT2D eigenvalue weighted by Gasteiger charge is 2.23. The summed E-state index contributed by atoms with van der Waals surface area (Å²) >= 11 is 0. The van der Waals surface area contributed by atoms with Crippen molar-refractivity contribution < 1.29 is 34.7 Å². The van der Waals surface area contributed by atoms with E-state index in [4.69, 9.17) is 14.3 Å². The molecule has 0 spiro atoms. The fourth-order valence-corrected chi connectivity index (χ4v) is 4.67. The standard InChI is InChI=1S/C31H34O8/c1-18(2)11-20-13-22(14-21(28(20)35)12-19-7-4-3-5-8-19)31-30(37)29(36)27-25(15-23(34)16-26(27)39-31)38-24(17-33)9-6-10-32/h3-5,7-8,13-16,18,24,32-35,37H,6,9-12,17H2,1-2H3. The van der Waals surface area contributed by atoms with Gasteiger partial charge in [0, 0.05) is 30.7 Å². The zero-order chi connectivity index (χ0) is 28.1. The Bertz CT molecular complexity index is 1490. The number of phenolic OH excluding ortho intramolecular Hbond substituents is 2. The first kappa shape index (κ1) is 28.0. The molecule has 1 unspecified atom stereocenters. The number of rotatable bonds is 11. The molecular weight excluding hydrogens is 500 g/mol. The fourth-order valence-electron chi connectivity index (χ4n) is 4.67. The van der Waals surface area contributed by atoms with Gasteiger partial charge in [0.25, 0.3) is 0 Å². The number of hydrogen-bond donors (Lipinski definition) is 5. The summed E-state index contributed by atoms with van der Waals surface area (Å²) < 4.78 is 11.8. The van der Waals surface area contributed by atoms with Crippen LogP contribution in [0.2, 0.25) is 0 Å². The minimum absolute atomic E-state index is 0.00950. The Morgan fingerprint density at radius 1 is 0.923 bits per heavy atom. The van der Waals surface area contributed by atoms with Gasteiger partial charge in [-0.1, -0.05) is 44.2 Å². The first-order valence-corrected chi connectivity index (χ1v) is 13.0. The van der Waals surface area contributed by atoms with E-state index < -0.39 is 17.3 Å². The van der Waals surface area contributed by atoms with Crippen LogP contribution in [0.25, 0.3) is 22.3 Å². The number of fused-ring (bicyclic) bond motifs is 1. The highest BCUT2D eigenvalue weighted by molar-refractivity contribution is 5.88. The smallest absolute Gasteiger partial charge is 0.238 e.